The van der Waals surface area contributed by atoms with Crippen LogP contribution in [0.1, 0.15) is 355 Å². The Labute approximate surface area is 431 Å². The van der Waals surface area contributed by atoms with Gasteiger partial charge in [0.05, 0.1) is 0 Å². The molecule has 0 N–H and O–H groups in total. The third-order valence-corrected chi connectivity index (χ3v) is 14.3. The van der Waals surface area contributed by atoms with Crippen LogP contribution >= 0.6 is 0 Å². The molecule has 0 spiro atoms. The topological polar surface area (TPSA) is 78.9 Å². The number of carbonyl (C=O) groups is 3. The molecule has 0 bridgehead atoms. The number of hydrogen-bond acceptors (Lipinski definition) is 6. The summed E-state index contributed by atoms with van der Waals surface area (Å²) in [5.74, 6) is -0.856. The number of hydrogen-bond donors (Lipinski definition) is 0. The third kappa shape index (κ3) is 56.9. The van der Waals surface area contributed by atoms with Crippen molar-refractivity contribution in [3.8, 4) is 0 Å². The zero-order chi connectivity index (χ0) is 50.0. The predicted octanol–water partition coefficient (Wildman–Crippen LogP) is 20.9. The average Bonchev–Trinajstić information content (AvgIpc) is 3.35. The number of allylic oxidation sites excluding steroid dienone is 2. The van der Waals surface area contributed by atoms with E-state index in [1.165, 1.54) is 250 Å². The molecule has 0 rings (SSSR count). The monoisotopic (exact) mass is 973 g/mol. The maximum absolute atomic E-state index is 12.8. The number of esters is 3. The van der Waals surface area contributed by atoms with Gasteiger partial charge < -0.3 is 14.2 Å². The largest absolute Gasteiger partial charge is 0.462 e. The van der Waals surface area contributed by atoms with Crippen LogP contribution in [-0.2, 0) is 28.6 Å². The van der Waals surface area contributed by atoms with Crippen molar-refractivity contribution in [1.29, 1.82) is 0 Å². The van der Waals surface area contributed by atoms with Gasteiger partial charge in [0, 0.05) is 19.3 Å². The van der Waals surface area contributed by atoms with E-state index in [0.717, 1.165) is 64.2 Å². The number of rotatable bonds is 58. The highest BCUT2D eigenvalue weighted by atomic mass is 16.6. The summed E-state index contributed by atoms with van der Waals surface area (Å²) < 4.78 is 16.8. The minimum Gasteiger partial charge on any atom is -0.462 e. The molecule has 0 saturated heterocycles. The highest BCUT2D eigenvalue weighted by Gasteiger charge is 2.19. The van der Waals surface area contributed by atoms with Gasteiger partial charge in [0.2, 0.25) is 0 Å². The van der Waals surface area contributed by atoms with Crippen molar-refractivity contribution >= 4 is 17.9 Å². The molecule has 0 amide bonds. The highest BCUT2D eigenvalue weighted by molar-refractivity contribution is 5.71. The predicted molar refractivity (Wildman–Crippen MR) is 298 cm³/mol. The summed E-state index contributed by atoms with van der Waals surface area (Å²) in [6, 6.07) is 0. The van der Waals surface area contributed by atoms with Crippen molar-refractivity contribution in [2.75, 3.05) is 13.2 Å². The van der Waals surface area contributed by atoms with Crippen LogP contribution in [0.25, 0.3) is 0 Å². The lowest BCUT2D eigenvalue weighted by atomic mass is 10.0. The number of unbranched alkanes of at least 4 members (excludes halogenated alkanes) is 45. The van der Waals surface area contributed by atoms with Gasteiger partial charge in [-0.25, -0.2) is 0 Å². The fourth-order valence-electron chi connectivity index (χ4n) is 9.56. The van der Waals surface area contributed by atoms with Crippen LogP contribution < -0.4 is 0 Å². The summed E-state index contributed by atoms with van der Waals surface area (Å²) in [6.07, 6.45) is 68.4. The molecular weight excluding hydrogens is 853 g/mol. The van der Waals surface area contributed by atoms with E-state index in [1.54, 1.807) is 0 Å². The number of carbonyl (C=O) groups excluding carboxylic acids is 3. The Balaban J connectivity index is 3.99. The second-order valence-corrected chi connectivity index (χ2v) is 21.3. The highest BCUT2D eigenvalue weighted by Crippen LogP contribution is 2.18. The second-order valence-electron chi connectivity index (χ2n) is 21.3. The Morgan fingerprint density at radius 1 is 0.275 bits per heavy atom. The Morgan fingerprint density at radius 3 is 0.725 bits per heavy atom. The smallest absolute Gasteiger partial charge is 0.306 e. The molecule has 0 aliphatic heterocycles. The van der Waals surface area contributed by atoms with E-state index < -0.39 is 6.10 Å². The van der Waals surface area contributed by atoms with Crippen molar-refractivity contribution in [1.82, 2.24) is 0 Å². The molecular formula is C63H120O6. The van der Waals surface area contributed by atoms with E-state index in [-0.39, 0.29) is 31.1 Å². The normalized spacial score (nSPS) is 12.0. The maximum Gasteiger partial charge on any atom is 0.306 e. The van der Waals surface area contributed by atoms with Crippen LogP contribution in [0.5, 0.6) is 0 Å². The fourth-order valence-corrected chi connectivity index (χ4v) is 9.56. The minimum absolute atomic E-state index is 0.0657. The van der Waals surface area contributed by atoms with Crippen LogP contribution in [0, 0.1) is 0 Å². The van der Waals surface area contributed by atoms with Crippen molar-refractivity contribution in [3.63, 3.8) is 0 Å². The van der Waals surface area contributed by atoms with E-state index in [9.17, 15) is 14.4 Å². The summed E-state index contributed by atoms with van der Waals surface area (Å²) in [7, 11) is 0. The summed E-state index contributed by atoms with van der Waals surface area (Å²) in [6.45, 7) is 6.62. The molecule has 0 saturated carbocycles. The molecule has 0 aromatic rings. The first-order valence-electron chi connectivity index (χ1n) is 31.2. The molecule has 69 heavy (non-hydrogen) atoms. The SMILES string of the molecule is CCCCCCCCCC/C=C\CCCCCCCCCCCCCC(=O)OCC(COC(=O)CCCCCCC)OC(=O)CCCCCCCCCCCCCCCCCCCCCCCCC. The summed E-state index contributed by atoms with van der Waals surface area (Å²) in [4.78, 5) is 37.9. The first-order chi connectivity index (χ1) is 34.0. The summed E-state index contributed by atoms with van der Waals surface area (Å²) >= 11 is 0. The molecule has 1 atom stereocenters. The van der Waals surface area contributed by atoms with Crippen molar-refractivity contribution < 1.29 is 28.6 Å². The van der Waals surface area contributed by atoms with Gasteiger partial charge in [0.1, 0.15) is 13.2 Å². The molecule has 0 aliphatic rings. The van der Waals surface area contributed by atoms with Gasteiger partial charge in [-0.3, -0.25) is 14.4 Å². The zero-order valence-corrected chi connectivity index (χ0v) is 46.9. The van der Waals surface area contributed by atoms with Gasteiger partial charge in [-0.1, -0.05) is 303 Å². The van der Waals surface area contributed by atoms with E-state index in [4.69, 9.17) is 14.2 Å². The molecule has 0 fully saturated rings. The lowest BCUT2D eigenvalue weighted by Gasteiger charge is -2.18. The molecule has 6 nitrogen and oxygen atoms in total. The zero-order valence-electron chi connectivity index (χ0n) is 46.9. The quantitative estimate of drug-likeness (QED) is 0.0261. The van der Waals surface area contributed by atoms with Crippen LogP contribution in [0.2, 0.25) is 0 Å². The molecule has 0 aliphatic carbocycles. The van der Waals surface area contributed by atoms with Gasteiger partial charge >= 0.3 is 17.9 Å². The van der Waals surface area contributed by atoms with Crippen LogP contribution in [-0.4, -0.2) is 37.2 Å². The minimum atomic E-state index is -0.763. The van der Waals surface area contributed by atoms with E-state index in [0.29, 0.717) is 19.3 Å². The van der Waals surface area contributed by atoms with Gasteiger partial charge in [-0.2, -0.15) is 0 Å². The molecule has 408 valence electrons. The van der Waals surface area contributed by atoms with Crippen molar-refractivity contribution in [2.45, 2.75) is 361 Å². The summed E-state index contributed by atoms with van der Waals surface area (Å²) in [5, 5.41) is 0. The first-order valence-corrected chi connectivity index (χ1v) is 31.2. The lowest BCUT2D eigenvalue weighted by molar-refractivity contribution is -0.167. The Hall–Kier alpha value is -1.85. The molecule has 0 aromatic heterocycles. The van der Waals surface area contributed by atoms with E-state index in [1.807, 2.05) is 0 Å². The maximum atomic E-state index is 12.8. The Kier molecular flexibility index (Phi) is 57.1. The Morgan fingerprint density at radius 2 is 0.478 bits per heavy atom. The first kappa shape index (κ1) is 67.1. The van der Waals surface area contributed by atoms with Crippen LogP contribution in [0.3, 0.4) is 0 Å². The average molecular weight is 974 g/mol. The number of ether oxygens (including phenoxy) is 3. The van der Waals surface area contributed by atoms with Crippen LogP contribution in [0.4, 0.5) is 0 Å². The van der Waals surface area contributed by atoms with Crippen molar-refractivity contribution in [2.24, 2.45) is 0 Å². The molecule has 1 unspecified atom stereocenters. The third-order valence-electron chi connectivity index (χ3n) is 14.3. The van der Waals surface area contributed by atoms with Gasteiger partial charge in [-0.05, 0) is 44.9 Å². The lowest BCUT2D eigenvalue weighted by Crippen LogP contribution is -2.30. The molecule has 0 heterocycles. The fraction of sp³-hybridized carbons (Fsp3) is 0.921. The Bertz CT molecular complexity index is 1070. The van der Waals surface area contributed by atoms with Gasteiger partial charge in [-0.15, -0.1) is 0 Å². The second kappa shape index (κ2) is 58.7. The summed E-state index contributed by atoms with van der Waals surface area (Å²) in [5.41, 5.74) is 0. The van der Waals surface area contributed by atoms with E-state index in [2.05, 4.69) is 32.9 Å². The standard InChI is InChI=1S/C63H120O6/c1-4-7-10-13-15-17-19-21-23-25-27-29-31-33-35-37-39-41-43-45-47-50-53-56-62(65)68-59-60(58-67-61(64)55-52-49-12-9-6-3)69-63(66)57-54-51-48-46-44-42-40-38-36-34-32-30-28-26-24-22-20-18-16-14-11-8-5-2/h25,27,60H,4-24,26,28-59H2,1-3H3/b27-25-. The van der Waals surface area contributed by atoms with E-state index >= 15 is 0 Å². The molecule has 0 aromatic carbocycles. The molecule has 6 heteroatoms. The van der Waals surface area contributed by atoms with Gasteiger partial charge in [0.15, 0.2) is 6.10 Å². The van der Waals surface area contributed by atoms with Gasteiger partial charge in [0.25, 0.3) is 0 Å². The molecule has 0 radical (unpaired) electrons. The van der Waals surface area contributed by atoms with Crippen LogP contribution in [0.15, 0.2) is 12.2 Å². The van der Waals surface area contributed by atoms with Crippen molar-refractivity contribution in [3.05, 3.63) is 12.2 Å².